The molecule has 0 saturated carbocycles. The zero-order valence-corrected chi connectivity index (χ0v) is 15.9. The number of H-pyrrole nitrogens is 1. The highest BCUT2D eigenvalue weighted by atomic mass is 16.6. The van der Waals surface area contributed by atoms with E-state index in [4.69, 9.17) is 4.42 Å². The molecule has 4 aromatic rings. The molecule has 0 radical (unpaired) electrons. The Kier molecular flexibility index (Phi) is 5.08. The lowest BCUT2D eigenvalue weighted by Gasteiger charge is -2.04. The number of aryl methyl sites for hydroxylation is 1. The maximum atomic E-state index is 12.7. The van der Waals surface area contributed by atoms with E-state index >= 15 is 0 Å². The molecule has 0 unspecified atom stereocenters. The van der Waals surface area contributed by atoms with Gasteiger partial charge >= 0.3 is 0 Å². The standard InChI is InChI=1S/C19H17N7O4/c1-25-11-14(17(24-25)12-4-6-13(7-5-12)26(28)29)19(27)20-9-8-16-21-18(23-22-16)15-3-2-10-30-15/h2-7,10-11H,8-9H2,1H3,(H,20,27)(H,21,22,23). The van der Waals surface area contributed by atoms with E-state index in [1.165, 1.54) is 16.8 Å². The average molecular weight is 407 g/mol. The molecule has 2 N–H and O–H groups in total. The fourth-order valence-electron chi connectivity index (χ4n) is 2.92. The van der Waals surface area contributed by atoms with Gasteiger partial charge in [-0.1, -0.05) is 0 Å². The summed E-state index contributed by atoms with van der Waals surface area (Å²) in [6.07, 6.45) is 3.60. The molecule has 3 heterocycles. The second kappa shape index (κ2) is 7.99. The van der Waals surface area contributed by atoms with Crippen molar-refractivity contribution >= 4 is 11.6 Å². The van der Waals surface area contributed by atoms with Crippen LogP contribution in [0.1, 0.15) is 16.2 Å². The number of hydrogen-bond acceptors (Lipinski definition) is 7. The fraction of sp³-hybridized carbons (Fsp3) is 0.158. The van der Waals surface area contributed by atoms with Gasteiger partial charge in [-0.3, -0.25) is 24.7 Å². The predicted octanol–water partition coefficient (Wildman–Crippen LogP) is 2.35. The Morgan fingerprint density at radius 3 is 2.80 bits per heavy atom. The molecule has 152 valence electrons. The predicted molar refractivity (Wildman–Crippen MR) is 105 cm³/mol. The van der Waals surface area contributed by atoms with E-state index < -0.39 is 4.92 Å². The number of nitro groups is 1. The number of nitro benzene ring substituents is 1. The van der Waals surface area contributed by atoms with Gasteiger partial charge in [0.15, 0.2) is 5.76 Å². The van der Waals surface area contributed by atoms with Gasteiger partial charge in [0.05, 0.1) is 16.7 Å². The smallest absolute Gasteiger partial charge is 0.269 e. The minimum atomic E-state index is -0.476. The van der Waals surface area contributed by atoms with Crippen molar-refractivity contribution in [1.82, 2.24) is 30.3 Å². The van der Waals surface area contributed by atoms with Crippen molar-refractivity contribution in [2.24, 2.45) is 7.05 Å². The summed E-state index contributed by atoms with van der Waals surface area (Å²) in [6, 6.07) is 9.42. The van der Waals surface area contributed by atoms with Crippen molar-refractivity contribution in [3.63, 3.8) is 0 Å². The molecule has 0 atom stereocenters. The van der Waals surface area contributed by atoms with E-state index in [0.717, 1.165) is 0 Å². The third kappa shape index (κ3) is 3.94. The van der Waals surface area contributed by atoms with Crippen molar-refractivity contribution in [1.29, 1.82) is 0 Å². The number of hydrogen-bond donors (Lipinski definition) is 2. The van der Waals surface area contributed by atoms with Gasteiger partial charge in [-0.25, -0.2) is 4.98 Å². The first-order valence-corrected chi connectivity index (χ1v) is 9.03. The number of nitrogens with zero attached hydrogens (tertiary/aromatic N) is 5. The first kappa shape index (κ1) is 19.1. The molecule has 1 aromatic carbocycles. The zero-order chi connectivity index (χ0) is 21.1. The summed E-state index contributed by atoms with van der Waals surface area (Å²) in [5.74, 6) is 1.32. The lowest BCUT2D eigenvalue weighted by atomic mass is 10.1. The molecular weight excluding hydrogens is 390 g/mol. The molecular formula is C19H17N7O4. The Hall–Kier alpha value is -4.28. The van der Waals surface area contributed by atoms with E-state index in [1.54, 1.807) is 43.8 Å². The molecule has 4 rings (SSSR count). The molecule has 0 bridgehead atoms. The summed E-state index contributed by atoms with van der Waals surface area (Å²) in [4.78, 5) is 27.4. The Balaban J connectivity index is 1.42. The van der Waals surface area contributed by atoms with Gasteiger partial charge in [0.25, 0.3) is 11.6 Å². The number of carbonyl (C=O) groups is 1. The number of carbonyl (C=O) groups excluding carboxylic acids is 1. The lowest BCUT2D eigenvalue weighted by molar-refractivity contribution is -0.384. The molecule has 0 saturated heterocycles. The highest BCUT2D eigenvalue weighted by Gasteiger charge is 2.18. The fourth-order valence-corrected chi connectivity index (χ4v) is 2.92. The quantitative estimate of drug-likeness (QED) is 0.353. The second-order valence-electron chi connectivity index (χ2n) is 6.46. The van der Waals surface area contributed by atoms with Crippen molar-refractivity contribution in [3.8, 4) is 22.8 Å². The van der Waals surface area contributed by atoms with Gasteiger partial charge in [-0.05, 0) is 24.3 Å². The number of non-ortho nitro benzene ring substituents is 1. The molecule has 0 aliphatic carbocycles. The van der Waals surface area contributed by atoms with Gasteiger partial charge < -0.3 is 9.73 Å². The summed E-state index contributed by atoms with van der Waals surface area (Å²) >= 11 is 0. The molecule has 30 heavy (non-hydrogen) atoms. The number of aromatic amines is 1. The van der Waals surface area contributed by atoms with Crippen molar-refractivity contribution in [2.45, 2.75) is 6.42 Å². The van der Waals surface area contributed by atoms with Crippen LogP contribution in [0.2, 0.25) is 0 Å². The third-order valence-corrected chi connectivity index (χ3v) is 4.35. The number of benzene rings is 1. The summed E-state index contributed by atoms with van der Waals surface area (Å²) in [6.45, 7) is 0.334. The lowest BCUT2D eigenvalue weighted by Crippen LogP contribution is -2.26. The summed E-state index contributed by atoms with van der Waals surface area (Å²) in [7, 11) is 1.70. The van der Waals surface area contributed by atoms with Crippen molar-refractivity contribution in [3.05, 3.63) is 70.4 Å². The van der Waals surface area contributed by atoms with Crippen LogP contribution in [-0.2, 0) is 13.5 Å². The van der Waals surface area contributed by atoms with Crippen LogP contribution < -0.4 is 5.32 Å². The van der Waals surface area contributed by atoms with Gasteiger partial charge in [0.1, 0.15) is 11.5 Å². The van der Waals surface area contributed by atoms with Crippen LogP contribution in [0.4, 0.5) is 5.69 Å². The summed E-state index contributed by atoms with van der Waals surface area (Å²) < 4.78 is 6.78. The molecule has 0 aliphatic heterocycles. The van der Waals surface area contributed by atoms with E-state index in [1.807, 2.05) is 0 Å². The molecule has 3 aromatic heterocycles. The van der Waals surface area contributed by atoms with Crippen LogP contribution in [0.3, 0.4) is 0 Å². The number of nitrogens with one attached hydrogen (secondary N) is 2. The molecule has 0 aliphatic rings. The van der Waals surface area contributed by atoms with Crippen LogP contribution in [0.15, 0.2) is 53.3 Å². The van der Waals surface area contributed by atoms with Crippen molar-refractivity contribution in [2.75, 3.05) is 6.54 Å². The molecule has 1 amide bonds. The van der Waals surface area contributed by atoms with E-state index in [2.05, 4.69) is 25.6 Å². The second-order valence-corrected chi connectivity index (χ2v) is 6.46. The summed E-state index contributed by atoms with van der Waals surface area (Å²) in [5.41, 5.74) is 1.41. The van der Waals surface area contributed by atoms with Crippen LogP contribution in [0, 0.1) is 10.1 Å². The first-order valence-electron chi connectivity index (χ1n) is 9.03. The summed E-state index contributed by atoms with van der Waals surface area (Å²) in [5, 5.41) is 24.9. The van der Waals surface area contributed by atoms with Gasteiger partial charge in [0.2, 0.25) is 5.82 Å². The monoisotopic (exact) mass is 407 g/mol. The van der Waals surface area contributed by atoms with Crippen LogP contribution in [0.25, 0.3) is 22.8 Å². The van der Waals surface area contributed by atoms with Crippen LogP contribution >= 0.6 is 0 Å². The maximum absolute atomic E-state index is 12.7. The topological polar surface area (TPSA) is 145 Å². The van der Waals surface area contributed by atoms with Gasteiger partial charge in [0, 0.05) is 43.9 Å². The van der Waals surface area contributed by atoms with Crippen LogP contribution in [0.5, 0.6) is 0 Å². The van der Waals surface area contributed by atoms with E-state index in [0.29, 0.717) is 47.2 Å². The normalized spacial score (nSPS) is 10.8. The Morgan fingerprint density at radius 1 is 1.30 bits per heavy atom. The maximum Gasteiger partial charge on any atom is 0.269 e. The number of amides is 1. The first-order chi connectivity index (χ1) is 14.5. The van der Waals surface area contributed by atoms with E-state index in [-0.39, 0.29) is 11.6 Å². The minimum Gasteiger partial charge on any atom is -0.461 e. The largest absolute Gasteiger partial charge is 0.461 e. The van der Waals surface area contributed by atoms with Crippen LogP contribution in [-0.4, -0.2) is 42.3 Å². The number of aromatic nitrogens is 5. The van der Waals surface area contributed by atoms with Gasteiger partial charge in [-0.2, -0.15) is 10.2 Å². The van der Waals surface area contributed by atoms with Crippen molar-refractivity contribution < 1.29 is 14.1 Å². The third-order valence-electron chi connectivity index (χ3n) is 4.35. The molecule has 0 spiro atoms. The Morgan fingerprint density at radius 2 is 2.10 bits per heavy atom. The Labute approximate surface area is 169 Å². The minimum absolute atomic E-state index is 0.0262. The number of rotatable bonds is 7. The van der Waals surface area contributed by atoms with E-state index in [9.17, 15) is 14.9 Å². The number of furan rings is 1. The Bertz CT molecular complexity index is 1180. The van der Waals surface area contributed by atoms with Gasteiger partial charge in [-0.15, -0.1) is 0 Å². The highest BCUT2D eigenvalue weighted by Crippen LogP contribution is 2.24. The zero-order valence-electron chi connectivity index (χ0n) is 15.9. The average Bonchev–Trinajstić information content (AvgIpc) is 3.48. The molecule has 0 fully saturated rings. The highest BCUT2D eigenvalue weighted by molar-refractivity contribution is 5.99. The SMILES string of the molecule is Cn1cc(C(=O)NCCc2nc(-c3ccco3)n[nH]2)c(-c2ccc([N+](=O)[O-])cc2)n1. The molecule has 11 heteroatoms. The molecule has 11 nitrogen and oxygen atoms in total.